The third kappa shape index (κ3) is 1.89. The van der Waals surface area contributed by atoms with Crippen LogP contribution < -0.4 is 5.73 Å². The first-order valence-electron chi connectivity index (χ1n) is 3.70. The van der Waals surface area contributed by atoms with Gasteiger partial charge in [-0.05, 0) is 28.1 Å². The first kappa shape index (κ1) is 9.89. The molecular weight excluding hydrogens is 286 g/mol. The molecule has 0 aromatic carbocycles. The van der Waals surface area contributed by atoms with Crippen molar-refractivity contribution < 1.29 is 0 Å². The second-order valence-corrected chi connectivity index (χ2v) is 5.36. The molecule has 0 radical (unpaired) electrons. The molecule has 0 amide bonds. The first-order valence-corrected chi connectivity index (χ1v) is 5.69. The lowest BCUT2D eigenvalue weighted by molar-refractivity contribution is 1.19. The summed E-state index contributed by atoms with van der Waals surface area (Å²) in [6.07, 6.45) is 1.63. The maximum absolute atomic E-state index is 5.93. The predicted molar refractivity (Wildman–Crippen MR) is 62.5 cm³/mol. The van der Waals surface area contributed by atoms with Gasteiger partial charge in [-0.1, -0.05) is 11.6 Å². The molecule has 6 heteroatoms. The van der Waals surface area contributed by atoms with Crippen LogP contribution in [-0.2, 0) is 0 Å². The van der Waals surface area contributed by atoms with Crippen molar-refractivity contribution in [2.45, 2.75) is 0 Å². The maximum atomic E-state index is 5.93. The highest BCUT2D eigenvalue weighted by atomic mass is 79.9. The van der Waals surface area contributed by atoms with Gasteiger partial charge >= 0.3 is 0 Å². The van der Waals surface area contributed by atoms with E-state index in [1.165, 1.54) is 0 Å². The zero-order chi connectivity index (χ0) is 10.1. The van der Waals surface area contributed by atoms with Crippen LogP contribution in [0.2, 0.25) is 5.15 Å². The Morgan fingerprint density at radius 1 is 1.43 bits per heavy atom. The number of hydrogen-bond donors (Lipinski definition) is 1. The Kier molecular flexibility index (Phi) is 2.71. The fraction of sp³-hybridized carbons (Fsp3) is 0. The van der Waals surface area contributed by atoms with Crippen molar-refractivity contribution in [2.24, 2.45) is 0 Å². The van der Waals surface area contributed by atoms with Gasteiger partial charge in [0.1, 0.15) is 5.15 Å². The smallest absolute Gasteiger partial charge is 0.221 e. The Labute approximate surface area is 98.1 Å². The van der Waals surface area contributed by atoms with Crippen LogP contribution in [0.4, 0.5) is 5.95 Å². The van der Waals surface area contributed by atoms with Crippen molar-refractivity contribution in [3.05, 3.63) is 27.3 Å². The molecule has 0 aliphatic carbocycles. The Morgan fingerprint density at radius 3 is 2.79 bits per heavy atom. The SMILES string of the molecule is Nc1ncc(-c2ccc(Br)s2)c(Cl)n1. The molecule has 2 aromatic heterocycles. The molecule has 2 rings (SSSR count). The molecule has 0 fully saturated rings. The van der Waals surface area contributed by atoms with E-state index >= 15 is 0 Å². The summed E-state index contributed by atoms with van der Waals surface area (Å²) in [6.45, 7) is 0. The zero-order valence-electron chi connectivity index (χ0n) is 6.87. The van der Waals surface area contributed by atoms with Gasteiger partial charge in [0.2, 0.25) is 5.95 Å². The van der Waals surface area contributed by atoms with Crippen LogP contribution in [0.15, 0.2) is 22.1 Å². The van der Waals surface area contributed by atoms with Crippen LogP contribution in [0.1, 0.15) is 0 Å². The molecule has 0 aliphatic rings. The molecule has 2 N–H and O–H groups in total. The summed E-state index contributed by atoms with van der Waals surface area (Å²) in [4.78, 5) is 8.80. The molecule has 0 saturated heterocycles. The van der Waals surface area contributed by atoms with E-state index in [1.807, 2.05) is 12.1 Å². The van der Waals surface area contributed by atoms with Crippen molar-refractivity contribution in [1.82, 2.24) is 9.97 Å². The average Bonchev–Trinajstić information content (AvgIpc) is 2.51. The van der Waals surface area contributed by atoms with Gasteiger partial charge in [-0.3, -0.25) is 0 Å². The van der Waals surface area contributed by atoms with Gasteiger partial charge in [-0.15, -0.1) is 11.3 Å². The van der Waals surface area contributed by atoms with Gasteiger partial charge in [0.05, 0.1) is 3.79 Å². The molecule has 0 spiro atoms. The predicted octanol–water partition coefficient (Wildman–Crippen LogP) is 3.20. The van der Waals surface area contributed by atoms with E-state index in [-0.39, 0.29) is 5.95 Å². The lowest BCUT2D eigenvalue weighted by Crippen LogP contribution is -1.94. The topological polar surface area (TPSA) is 51.8 Å². The number of halogens is 2. The summed E-state index contributed by atoms with van der Waals surface area (Å²) in [6, 6.07) is 3.90. The van der Waals surface area contributed by atoms with Crippen LogP contribution >= 0.6 is 38.9 Å². The van der Waals surface area contributed by atoms with Crippen LogP contribution in [-0.4, -0.2) is 9.97 Å². The maximum Gasteiger partial charge on any atom is 0.221 e. The standard InChI is InChI=1S/C8H5BrClN3S/c9-6-2-1-5(14-6)4-3-12-8(11)13-7(4)10/h1-3H,(H2,11,12,13). The molecule has 2 heterocycles. The average molecular weight is 291 g/mol. The second-order valence-electron chi connectivity index (χ2n) is 2.54. The van der Waals surface area contributed by atoms with Crippen molar-refractivity contribution in [3.8, 4) is 10.4 Å². The molecule has 0 atom stereocenters. The Hall–Kier alpha value is -0.650. The van der Waals surface area contributed by atoms with Gasteiger partial charge in [-0.25, -0.2) is 9.97 Å². The van der Waals surface area contributed by atoms with Gasteiger partial charge < -0.3 is 5.73 Å². The minimum Gasteiger partial charge on any atom is -0.368 e. The van der Waals surface area contributed by atoms with Crippen LogP contribution in [0.5, 0.6) is 0 Å². The van der Waals surface area contributed by atoms with Gasteiger partial charge in [-0.2, -0.15) is 0 Å². The van der Waals surface area contributed by atoms with E-state index in [2.05, 4.69) is 25.9 Å². The Bertz CT molecular complexity index is 471. The first-order chi connectivity index (χ1) is 6.66. The van der Waals surface area contributed by atoms with E-state index < -0.39 is 0 Å². The minimum atomic E-state index is 0.189. The molecule has 14 heavy (non-hydrogen) atoms. The summed E-state index contributed by atoms with van der Waals surface area (Å²) in [7, 11) is 0. The highest BCUT2D eigenvalue weighted by molar-refractivity contribution is 9.11. The van der Waals surface area contributed by atoms with Crippen molar-refractivity contribution in [3.63, 3.8) is 0 Å². The number of nitrogens with zero attached hydrogens (tertiary/aromatic N) is 2. The normalized spacial score (nSPS) is 10.4. The highest BCUT2D eigenvalue weighted by Crippen LogP contribution is 2.34. The molecule has 3 nitrogen and oxygen atoms in total. The largest absolute Gasteiger partial charge is 0.368 e. The van der Waals surface area contributed by atoms with Gasteiger partial charge in [0, 0.05) is 16.6 Å². The summed E-state index contributed by atoms with van der Waals surface area (Å²) in [5.41, 5.74) is 6.20. The monoisotopic (exact) mass is 289 g/mol. The van der Waals surface area contributed by atoms with E-state index in [1.54, 1.807) is 17.5 Å². The summed E-state index contributed by atoms with van der Waals surface area (Å²) >= 11 is 10.9. The van der Waals surface area contributed by atoms with Gasteiger partial charge in [0.15, 0.2) is 0 Å². The van der Waals surface area contributed by atoms with Crippen molar-refractivity contribution in [1.29, 1.82) is 0 Å². The van der Waals surface area contributed by atoms with E-state index in [9.17, 15) is 0 Å². The second kappa shape index (κ2) is 3.84. The number of hydrogen-bond acceptors (Lipinski definition) is 4. The number of thiophene rings is 1. The minimum absolute atomic E-state index is 0.189. The molecule has 0 saturated carbocycles. The zero-order valence-corrected chi connectivity index (χ0v) is 10.0. The molecule has 0 aliphatic heterocycles. The van der Waals surface area contributed by atoms with E-state index in [0.29, 0.717) is 5.15 Å². The lowest BCUT2D eigenvalue weighted by Gasteiger charge is -1.99. The van der Waals surface area contributed by atoms with Crippen LogP contribution in [0, 0.1) is 0 Å². The number of rotatable bonds is 1. The third-order valence-corrected chi connectivity index (χ3v) is 3.54. The Morgan fingerprint density at radius 2 is 2.21 bits per heavy atom. The van der Waals surface area contributed by atoms with E-state index in [0.717, 1.165) is 14.2 Å². The highest BCUT2D eigenvalue weighted by Gasteiger charge is 2.08. The van der Waals surface area contributed by atoms with Crippen molar-refractivity contribution >= 4 is 44.8 Å². The third-order valence-electron chi connectivity index (χ3n) is 1.60. The molecule has 0 unspecified atom stereocenters. The Balaban J connectivity index is 2.52. The molecular formula is C8H5BrClN3S. The number of anilines is 1. The quantitative estimate of drug-likeness (QED) is 0.821. The summed E-state index contributed by atoms with van der Waals surface area (Å²) < 4.78 is 1.04. The summed E-state index contributed by atoms with van der Waals surface area (Å²) in [5, 5.41) is 0.381. The fourth-order valence-electron chi connectivity index (χ4n) is 0.998. The molecule has 72 valence electrons. The number of nitrogen functional groups attached to an aromatic ring is 1. The molecule has 0 bridgehead atoms. The van der Waals surface area contributed by atoms with Crippen molar-refractivity contribution in [2.75, 3.05) is 5.73 Å². The fourth-order valence-corrected chi connectivity index (χ4v) is 2.69. The van der Waals surface area contributed by atoms with Crippen LogP contribution in [0.25, 0.3) is 10.4 Å². The van der Waals surface area contributed by atoms with E-state index in [4.69, 9.17) is 17.3 Å². The summed E-state index contributed by atoms with van der Waals surface area (Å²) in [5.74, 6) is 0.189. The number of aromatic nitrogens is 2. The molecule has 2 aromatic rings. The van der Waals surface area contributed by atoms with Gasteiger partial charge in [0.25, 0.3) is 0 Å². The number of nitrogens with two attached hydrogens (primary N) is 1. The van der Waals surface area contributed by atoms with Crippen LogP contribution in [0.3, 0.4) is 0 Å². The lowest BCUT2D eigenvalue weighted by atomic mass is 10.3.